The number of nitrogens with one attached hydrogen (secondary N) is 1. The fourth-order valence-electron chi connectivity index (χ4n) is 3.21. The molecule has 1 aromatic rings. The van der Waals surface area contributed by atoms with Crippen molar-refractivity contribution in [2.75, 3.05) is 13.1 Å². The van der Waals surface area contributed by atoms with E-state index < -0.39 is 39.6 Å². The van der Waals surface area contributed by atoms with Gasteiger partial charge in [-0.2, -0.15) is 0 Å². The Kier molecular flexibility index (Phi) is 4.41. The smallest absolute Gasteiger partial charge is 0.214 e. The van der Waals surface area contributed by atoms with Gasteiger partial charge in [0, 0.05) is 12.6 Å². The molecule has 23 heavy (non-hydrogen) atoms. The van der Waals surface area contributed by atoms with Crippen molar-refractivity contribution in [3.05, 3.63) is 35.1 Å². The molecule has 0 radical (unpaired) electrons. The van der Waals surface area contributed by atoms with E-state index in [1.807, 2.05) is 11.8 Å². The molecule has 1 aliphatic carbocycles. The highest BCUT2D eigenvalue weighted by Gasteiger charge is 2.42. The van der Waals surface area contributed by atoms with Crippen LogP contribution in [0.1, 0.15) is 37.8 Å². The average Bonchev–Trinajstić information content (AvgIpc) is 3.27. The molecular formula is C15H19F3N2O2S. The molecule has 2 atom stereocenters. The summed E-state index contributed by atoms with van der Waals surface area (Å²) in [5.41, 5.74) is 0.254. The van der Waals surface area contributed by atoms with Crippen LogP contribution in [0.25, 0.3) is 0 Å². The molecule has 2 aliphatic rings. The Balaban J connectivity index is 1.91. The fraction of sp³-hybridized carbons (Fsp3) is 0.600. The van der Waals surface area contributed by atoms with Gasteiger partial charge < -0.3 is 0 Å². The lowest BCUT2D eigenvalue weighted by molar-refractivity contribution is 0.254. The lowest BCUT2D eigenvalue weighted by Crippen LogP contribution is -2.41. The lowest BCUT2D eigenvalue weighted by atomic mass is 10.0. The molecule has 8 heteroatoms. The Labute approximate surface area is 133 Å². The van der Waals surface area contributed by atoms with Crippen LogP contribution in [0.3, 0.4) is 0 Å². The second-order valence-electron chi connectivity index (χ2n) is 6.13. The van der Waals surface area contributed by atoms with Crippen molar-refractivity contribution < 1.29 is 21.6 Å². The molecule has 0 amide bonds. The highest BCUT2D eigenvalue weighted by molar-refractivity contribution is 7.90. The SMILES string of the molecule is CCN1CC[C@H](NS(=O)(=O)C2CC2)[C@@H]1c1cc(F)c(F)c(F)c1. The molecule has 0 aromatic heterocycles. The maximum Gasteiger partial charge on any atom is 0.214 e. The largest absolute Gasteiger partial charge is 0.295 e. The lowest BCUT2D eigenvalue weighted by Gasteiger charge is -2.28. The van der Waals surface area contributed by atoms with E-state index in [2.05, 4.69) is 4.72 Å². The van der Waals surface area contributed by atoms with Gasteiger partial charge in [0.15, 0.2) is 17.5 Å². The van der Waals surface area contributed by atoms with Crippen LogP contribution >= 0.6 is 0 Å². The fourth-order valence-corrected chi connectivity index (χ4v) is 4.83. The Morgan fingerprint density at radius 2 is 1.78 bits per heavy atom. The van der Waals surface area contributed by atoms with E-state index in [0.29, 0.717) is 32.4 Å². The van der Waals surface area contributed by atoms with E-state index in [1.165, 1.54) is 0 Å². The normalized spacial score (nSPS) is 25.9. The van der Waals surface area contributed by atoms with Gasteiger partial charge in [-0.05, 0) is 43.5 Å². The van der Waals surface area contributed by atoms with Crippen molar-refractivity contribution in [2.45, 2.75) is 43.5 Å². The van der Waals surface area contributed by atoms with Gasteiger partial charge in [0.2, 0.25) is 10.0 Å². The van der Waals surface area contributed by atoms with Crippen molar-refractivity contribution in [3.8, 4) is 0 Å². The molecule has 1 saturated carbocycles. The van der Waals surface area contributed by atoms with Crippen LogP contribution in [0.15, 0.2) is 12.1 Å². The summed E-state index contributed by atoms with van der Waals surface area (Å²) < 4.78 is 67.3. The summed E-state index contributed by atoms with van der Waals surface area (Å²) in [5.74, 6) is -4.02. The molecule has 3 rings (SSSR count). The van der Waals surface area contributed by atoms with Crippen molar-refractivity contribution >= 4 is 10.0 Å². The topological polar surface area (TPSA) is 49.4 Å². The number of likely N-dealkylation sites (tertiary alicyclic amines) is 1. The van der Waals surface area contributed by atoms with Crippen LogP contribution in [0.2, 0.25) is 0 Å². The van der Waals surface area contributed by atoms with E-state index in [9.17, 15) is 21.6 Å². The number of likely N-dealkylation sites (N-methyl/N-ethyl adjacent to an activating group) is 1. The predicted octanol–water partition coefficient (Wildman–Crippen LogP) is 2.32. The molecular weight excluding hydrogens is 329 g/mol. The quantitative estimate of drug-likeness (QED) is 0.831. The number of sulfonamides is 1. The van der Waals surface area contributed by atoms with Crippen LogP contribution in [0, 0.1) is 17.5 Å². The summed E-state index contributed by atoms with van der Waals surface area (Å²) in [6.45, 7) is 3.10. The summed E-state index contributed by atoms with van der Waals surface area (Å²) in [6, 6.07) is 0.938. The number of nitrogens with zero attached hydrogens (tertiary/aromatic N) is 1. The molecule has 128 valence electrons. The third-order valence-electron chi connectivity index (χ3n) is 4.53. The molecule has 1 heterocycles. The number of benzene rings is 1. The van der Waals surface area contributed by atoms with Gasteiger partial charge in [0.25, 0.3) is 0 Å². The Morgan fingerprint density at radius 3 is 2.30 bits per heavy atom. The van der Waals surface area contributed by atoms with Crippen molar-refractivity contribution in [3.63, 3.8) is 0 Å². The zero-order chi connectivity index (χ0) is 16.8. The maximum atomic E-state index is 13.6. The van der Waals surface area contributed by atoms with E-state index in [0.717, 1.165) is 12.1 Å². The van der Waals surface area contributed by atoms with Crippen LogP contribution in [0.4, 0.5) is 13.2 Å². The first kappa shape index (κ1) is 16.7. The first-order valence-corrected chi connectivity index (χ1v) is 9.27. The maximum absolute atomic E-state index is 13.6. The van der Waals surface area contributed by atoms with Crippen molar-refractivity contribution in [2.24, 2.45) is 0 Å². The summed E-state index contributed by atoms with van der Waals surface area (Å²) in [7, 11) is -3.41. The third-order valence-corrected chi connectivity index (χ3v) is 6.51. The van der Waals surface area contributed by atoms with Gasteiger partial charge in [-0.1, -0.05) is 6.92 Å². The van der Waals surface area contributed by atoms with Gasteiger partial charge in [-0.3, -0.25) is 4.90 Å². The Bertz CT molecular complexity index is 684. The van der Waals surface area contributed by atoms with E-state index in [1.54, 1.807) is 0 Å². The molecule has 1 N–H and O–H groups in total. The third kappa shape index (κ3) is 3.25. The summed E-state index contributed by atoms with van der Waals surface area (Å²) in [6.07, 6.45) is 1.83. The number of rotatable bonds is 5. The molecule has 4 nitrogen and oxygen atoms in total. The minimum Gasteiger partial charge on any atom is -0.295 e. The Hall–Kier alpha value is -1.12. The molecule has 1 saturated heterocycles. The highest BCUT2D eigenvalue weighted by atomic mass is 32.2. The first-order chi connectivity index (χ1) is 10.8. The number of hydrogen-bond donors (Lipinski definition) is 1. The monoisotopic (exact) mass is 348 g/mol. The molecule has 0 spiro atoms. The first-order valence-electron chi connectivity index (χ1n) is 7.73. The molecule has 2 fully saturated rings. The zero-order valence-electron chi connectivity index (χ0n) is 12.7. The van der Waals surface area contributed by atoms with Crippen LogP contribution in [0.5, 0.6) is 0 Å². The second kappa shape index (κ2) is 6.07. The van der Waals surface area contributed by atoms with E-state index in [4.69, 9.17) is 0 Å². The molecule has 1 aliphatic heterocycles. The second-order valence-corrected chi connectivity index (χ2v) is 8.12. The van der Waals surface area contributed by atoms with Crippen molar-refractivity contribution in [1.82, 2.24) is 9.62 Å². The number of hydrogen-bond acceptors (Lipinski definition) is 3. The minimum absolute atomic E-state index is 0.254. The van der Waals surface area contributed by atoms with Gasteiger partial charge in [-0.15, -0.1) is 0 Å². The summed E-state index contributed by atoms with van der Waals surface area (Å²) >= 11 is 0. The molecule has 0 bridgehead atoms. The van der Waals surface area contributed by atoms with Gasteiger partial charge in [-0.25, -0.2) is 26.3 Å². The number of halogens is 3. The van der Waals surface area contributed by atoms with Crippen LogP contribution in [-0.4, -0.2) is 37.7 Å². The zero-order valence-corrected chi connectivity index (χ0v) is 13.5. The van der Waals surface area contributed by atoms with Crippen LogP contribution < -0.4 is 4.72 Å². The summed E-state index contributed by atoms with van der Waals surface area (Å²) in [4.78, 5) is 1.94. The minimum atomic E-state index is -3.41. The Morgan fingerprint density at radius 1 is 1.17 bits per heavy atom. The van der Waals surface area contributed by atoms with Crippen molar-refractivity contribution in [1.29, 1.82) is 0 Å². The molecule has 0 unspecified atom stereocenters. The average molecular weight is 348 g/mol. The predicted molar refractivity (Wildman–Crippen MR) is 79.8 cm³/mol. The van der Waals surface area contributed by atoms with E-state index in [-0.39, 0.29) is 10.8 Å². The van der Waals surface area contributed by atoms with Gasteiger partial charge >= 0.3 is 0 Å². The summed E-state index contributed by atoms with van der Waals surface area (Å²) in [5, 5.41) is -0.361. The van der Waals surface area contributed by atoms with Crippen LogP contribution in [-0.2, 0) is 10.0 Å². The molecule has 1 aromatic carbocycles. The standard InChI is InChI=1S/C15H19F3N2O2S/c1-2-20-6-5-13(19-23(21,22)10-3-4-10)15(20)9-7-11(16)14(18)12(17)8-9/h7-8,10,13,15,19H,2-6H2,1H3/t13-,15-/m0/s1. The van der Waals surface area contributed by atoms with E-state index >= 15 is 0 Å². The van der Waals surface area contributed by atoms with Gasteiger partial charge in [0.05, 0.1) is 11.3 Å². The highest BCUT2D eigenvalue weighted by Crippen LogP contribution is 2.35. The van der Waals surface area contributed by atoms with Gasteiger partial charge in [0.1, 0.15) is 0 Å².